The molecule has 3 atom stereocenters. The molecule has 4 heterocycles. The van der Waals surface area contributed by atoms with Gasteiger partial charge in [-0.2, -0.15) is 0 Å². The van der Waals surface area contributed by atoms with E-state index in [1.165, 1.54) is 31.2 Å². The van der Waals surface area contributed by atoms with E-state index in [0.717, 1.165) is 25.8 Å². The van der Waals surface area contributed by atoms with Gasteiger partial charge in [-0.3, -0.25) is 9.78 Å². The van der Waals surface area contributed by atoms with Gasteiger partial charge in [0.2, 0.25) is 5.91 Å². The van der Waals surface area contributed by atoms with Crippen molar-refractivity contribution in [3.63, 3.8) is 0 Å². The number of carbonyl (C=O) groups is 1. The van der Waals surface area contributed by atoms with Crippen molar-refractivity contribution in [2.24, 2.45) is 5.92 Å². The molecule has 2 bridgehead atoms. The molecule has 0 radical (unpaired) electrons. The Morgan fingerprint density at radius 3 is 2.64 bits per heavy atom. The van der Waals surface area contributed by atoms with Crippen molar-refractivity contribution in [3.05, 3.63) is 30.1 Å². The fourth-order valence-corrected chi connectivity index (χ4v) is 4.70. The summed E-state index contributed by atoms with van der Waals surface area (Å²) in [6.45, 7) is 0.920. The van der Waals surface area contributed by atoms with E-state index in [9.17, 15) is 4.79 Å². The number of pyridine rings is 1. The zero-order chi connectivity index (χ0) is 14.9. The van der Waals surface area contributed by atoms with Crippen molar-refractivity contribution in [1.29, 1.82) is 0 Å². The number of likely N-dealkylation sites (tertiary alicyclic amines) is 1. The van der Waals surface area contributed by atoms with E-state index in [4.69, 9.17) is 0 Å². The lowest BCUT2D eigenvalue weighted by Gasteiger charge is -2.31. The summed E-state index contributed by atoms with van der Waals surface area (Å²) in [5, 5.41) is 3.67. The maximum Gasteiger partial charge on any atom is 0.223 e. The zero-order valence-corrected chi connectivity index (χ0v) is 13.1. The van der Waals surface area contributed by atoms with E-state index >= 15 is 0 Å². The second-order valence-electron chi connectivity index (χ2n) is 7.21. The standard InChI is InChI=1S/C18H25N3O/c22-18(12-13-10-15-3-4-16(11-13)20-15)21-9-1-2-17(21)14-5-7-19-8-6-14/h5-8,13,15-17,20H,1-4,9-12H2. The fraction of sp³-hybridized carbons (Fsp3) is 0.667. The van der Waals surface area contributed by atoms with Crippen LogP contribution in [0.15, 0.2) is 24.5 Å². The number of hydrogen-bond donors (Lipinski definition) is 1. The molecule has 4 nitrogen and oxygen atoms in total. The number of fused-ring (bicyclic) bond motifs is 2. The molecule has 1 aromatic heterocycles. The first-order chi connectivity index (χ1) is 10.8. The summed E-state index contributed by atoms with van der Waals surface area (Å²) in [5.41, 5.74) is 1.24. The minimum absolute atomic E-state index is 0.272. The second kappa shape index (κ2) is 5.99. The van der Waals surface area contributed by atoms with Gasteiger partial charge >= 0.3 is 0 Å². The number of amides is 1. The summed E-state index contributed by atoms with van der Waals surface area (Å²) in [6, 6.07) is 5.73. The summed E-state index contributed by atoms with van der Waals surface area (Å²) in [7, 11) is 0. The zero-order valence-electron chi connectivity index (χ0n) is 13.1. The number of piperidine rings is 1. The molecule has 22 heavy (non-hydrogen) atoms. The van der Waals surface area contributed by atoms with Crippen LogP contribution in [-0.2, 0) is 4.79 Å². The van der Waals surface area contributed by atoms with Gasteiger partial charge in [-0.05, 0) is 62.1 Å². The van der Waals surface area contributed by atoms with E-state index in [1.54, 1.807) is 0 Å². The van der Waals surface area contributed by atoms with Crippen LogP contribution in [0, 0.1) is 5.92 Å². The van der Waals surface area contributed by atoms with Crippen LogP contribution >= 0.6 is 0 Å². The Bertz CT molecular complexity index is 520. The molecule has 4 rings (SSSR count). The van der Waals surface area contributed by atoms with Gasteiger partial charge in [0.1, 0.15) is 0 Å². The Hall–Kier alpha value is -1.42. The molecule has 118 valence electrons. The first-order valence-electron chi connectivity index (χ1n) is 8.75. The van der Waals surface area contributed by atoms with Crippen LogP contribution in [0.5, 0.6) is 0 Å². The third kappa shape index (κ3) is 2.76. The van der Waals surface area contributed by atoms with Crippen LogP contribution in [0.4, 0.5) is 0 Å². The molecular formula is C18H25N3O. The summed E-state index contributed by atoms with van der Waals surface area (Å²) >= 11 is 0. The van der Waals surface area contributed by atoms with Crippen LogP contribution < -0.4 is 5.32 Å². The Morgan fingerprint density at radius 2 is 1.91 bits per heavy atom. The highest BCUT2D eigenvalue weighted by Gasteiger charge is 2.36. The van der Waals surface area contributed by atoms with Crippen molar-refractivity contribution < 1.29 is 4.79 Å². The Balaban J connectivity index is 1.41. The number of hydrogen-bond acceptors (Lipinski definition) is 3. The first-order valence-corrected chi connectivity index (χ1v) is 8.75. The number of aromatic nitrogens is 1. The number of nitrogens with one attached hydrogen (secondary N) is 1. The monoisotopic (exact) mass is 299 g/mol. The lowest BCUT2D eigenvalue weighted by atomic mass is 9.89. The van der Waals surface area contributed by atoms with E-state index in [1.807, 2.05) is 12.4 Å². The molecule has 0 aromatic carbocycles. The third-order valence-corrected chi connectivity index (χ3v) is 5.70. The fourth-order valence-electron chi connectivity index (χ4n) is 4.70. The van der Waals surface area contributed by atoms with Gasteiger partial charge in [0.05, 0.1) is 6.04 Å². The van der Waals surface area contributed by atoms with E-state index in [-0.39, 0.29) is 6.04 Å². The van der Waals surface area contributed by atoms with Gasteiger partial charge in [-0.25, -0.2) is 0 Å². The molecule has 0 spiro atoms. The van der Waals surface area contributed by atoms with Gasteiger partial charge in [0.25, 0.3) is 0 Å². The van der Waals surface area contributed by atoms with Crippen molar-refractivity contribution in [2.75, 3.05) is 6.54 Å². The summed E-state index contributed by atoms with van der Waals surface area (Å²) in [5.74, 6) is 0.954. The summed E-state index contributed by atoms with van der Waals surface area (Å²) in [4.78, 5) is 19.0. The second-order valence-corrected chi connectivity index (χ2v) is 7.21. The highest BCUT2D eigenvalue weighted by atomic mass is 16.2. The molecule has 3 aliphatic rings. The van der Waals surface area contributed by atoms with Gasteiger partial charge < -0.3 is 10.2 Å². The van der Waals surface area contributed by atoms with E-state index < -0.39 is 0 Å². The summed E-state index contributed by atoms with van der Waals surface area (Å²) < 4.78 is 0. The van der Waals surface area contributed by atoms with Crippen molar-refractivity contribution in [3.8, 4) is 0 Å². The predicted octanol–water partition coefficient (Wildman–Crippen LogP) is 2.67. The lowest BCUT2D eigenvalue weighted by Crippen LogP contribution is -2.40. The normalized spacial score (nSPS) is 34.1. The molecule has 0 saturated carbocycles. The number of carbonyl (C=O) groups excluding carboxylic acids is 1. The minimum atomic E-state index is 0.272. The van der Waals surface area contributed by atoms with Crippen LogP contribution in [0.3, 0.4) is 0 Å². The molecule has 3 fully saturated rings. The van der Waals surface area contributed by atoms with E-state index in [0.29, 0.717) is 23.9 Å². The van der Waals surface area contributed by atoms with Crippen molar-refractivity contribution in [1.82, 2.24) is 15.2 Å². The average Bonchev–Trinajstić information content (AvgIpc) is 3.15. The molecule has 3 aliphatic heterocycles. The van der Waals surface area contributed by atoms with E-state index in [2.05, 4.69) is 27.3 Å². The van der Waals surface area contributed by atoms with Gasteiger partial charge in [-0.1, -0.05) is 0 Å². The van der Waals surface area contributed by atoms with Gasteiger partial charge in [0, 0.05) is 37.4 Å². The predicted molar refractivity (Wildman–Crippen MR) is 85.2 cm³/mol. The molecule has 3 saturated heterocycles. The number of nitrogens with zero attached hydrogens (tertiary/aromatic N) is 2. The summed E-state index contributed by atoms with van der Waals surface area (Å²) in [6.07, 6.45) is 11.6. The van der Waals surface area contributed by atoms with Crippen LogP contribution in [0.25, 0.3) is 0 Å². The highest BCUT2D eigenvalue weighted by Crippen LogP contribution is 2.36. The largest absolute Gasteiger partial charge is 0.336 e. The maximum absolute atomic E-state index is 12.8. The Labute approximate surface area is 132 Å². The Morgan fingerprint density at radius 1 is 1.18 bits per heavy atom. The van der Waals surface area contributed by atoms with Crippen LogP contribution in [0.1, 0.15) is 56.6 Å². The maximum atomic E-state index is 12.8. The molecule has 1 N–H and O–H groups in total. The molecule has 1 aromatic rings. The van der Waals surface area contributed by atoms with Crippen molar-refractivity contribution in [2.45, 2.75) is 63.1 Å². The molecular weight excluding hydrogens is 274 g/mol. The third-order valence-electron chi connectivity index (χ3n) is 5.70. The SMILES string of the molecule is O=C(CC1CC2CCC(C1)N2)N1CCCC1c1ccncc1. The quantitative estimate of drug-likeness (QED) is 0.933. The van der Waals surface area contributed by atoms with Crippen LogP contribution in [0.2, 0.25) is 0 Å². The molecule has 1 amide bonds. The lowest BCUT2D eigenvalue weighted by molar-refractivity contribution is -0.133. The topological polar surface area (TPSA) is 45.2 Å². The minimum Gasteiger partial charge on any atom is -0.336 e. The van der Waals surface area contributed by atoms with Gasteiger partial charge in [-0.15, -0.1) is 0 Å². The first kappa shape index (κ1) is 14.2. The smallest absolute Gasteiger partial charge is 0.223 e. The molecule has 4 heteroatoms. The van der Waals surface area contributed by atoms with Crippen molar-refractivity contribution >= 4 is 5.91 Å². The Kier molecular flexibility index (Phi) is 3.87. The number of rotatable bonds is 3. The van der Waals surface area contributed by atoms with Crippen LogP contribution in [-0.4, -0.2) is 34.4 Å². The van der Waals surface area contributed by atoms with Gasteiger partial charge in [0.15, 0.2) is 0 Å². The highest BCUT2D eigenvalue weighted by molar-refractivity contribution is 5.77. The molecule has 3 unspecified atom stereocenters. The average molecular weight is 299 g/mol. The molecule has 0 aliphatic carbocycles.